The van der Waals surface area contributed by atoms with Crippen LogP contribution in [-0.2, 0) is 24.2 Å². The number of carbonyl (C=O) groups excluding carboxylic acids is 1. The number of nitrogens with one attached hydrogen (secondary N) is 1. The van der Waals surface area contributed by atoms with Gasteiger partial charge in [0.2, 0.25) is 0 Å². The fourth-order valence-corrected chi connectivity index (χ4v) is 4.60. The Labute approximate surface area is 216 Å². The van der Waals surface area contributed by atoms with Gasteiger partial charge in [0, 0.05) is 41.3 Å². The van der Waals surface area contributed by atoms with Crippen LogP contribution in [0.25, 0.3) is 10.9 Å². The number of ether oxygens (including phenoxy) is 2. The summed E-state index contributed by atoms with van der Waals surface area (Å²) >= 11 is 0. The first-order chi connectivity index (χ1) is 17.9. The minimum Gasteiger partial charge on any atom is -0.496 e. The highest BCUT2D eigenvalue weighted by Gasteiger charge is 2.20. The van der Waals surface area contributed by atoms with Crippen LogP contribution in [0.4, 0.5) is 0 Å². The third kappa shape index (κ3) is 6.12. The fraction of sp³-hybridized carbons (Fsp3) is 0.267. The number of rotatable bonds is 11. The summed E-state index contributed by atoms with van der Waals surface area (Å²) in [5, 5.41) is 10.2. The molecule has 0 unspecified atom stereocenters. The molecule has 1 heterocycles. The van der Waals surface area contributed by atoms with Crippen molar-refractivity contribution >= 4 is 22.8 Å². The summed E-state index contributed by atoms with van der Waals surface area (Å²) in [4.78, 5) is 29.9. The van der Waals surface area contributed by atoms with Crippen molar-refractivity contribution in [2.24, 2.45) is 0 Å². The first-order valence-electron chi connectivity index (χ1n) is 12.3. The van der Waals surface area contributed by atoms with Crippen molar-refractivity contribution < 1.29 is 24.2 Å². The second-order valence-corrected chi connectivity index (χ2v) is 9.08. The summed E-state index contributed by atoms with van der Waals surface area (Å²) in [7, 11) is 3.15. The van der Waals surface area contributed by atoms with Crippen molar-refractivity contribution in [1.82, 2.24) is 9.88 Å². The minimum absolute atomic E-state index is 0.0312. The Morgan fingerprint density at radius 1 is 0.946 bits per heavy atom. The van der Waals surface area contributed by atoms with Gasteiger partial charge in [0.1, 0.15) is 11.5 Å². The first kappa shape index (κ1) is 25.8. The average Bonchev–Trinajstić information content (AvgIpc) is 3.31. The minimum atomic E-state index is -0.871. The molecule has 0 aliphatic heterocycles. The molecule has 0 aliphatic carbocycles. The van der Waals surface area contributed by atoms with Crippen LogP contribution in [0.2, 0.25) is 0 Å². The number of methoxy groups -OCH3 is 2. The van der Waals surface area contributed by atoms with Crippen molar-refractivity contribution in [2.75, 3.05) is 20.8 Å². The lowest BCUT2D eigenvalue weighted by Crippen LogP contribution is -2.32. The maximum absolute atomic E-state index is 13.7. The molecule has 4 rings (SSSR count). The van der Waals surface area contributed by atoms with Crippen LogP contribution in [0.3, 0.4) is 0 Å². The number of aryl methyl sites for hydroxylation is 1. The Kier molecular flexibility index (Phi) is 8.13. The predicted molar refractivity (Wildman–Crippen MR) is 143 cm³/mol. The van der Waals surface area contributed by atoms with E-state index in [1.807, 2.05) is 42.3 Å². The Bertz CT molecular complexity index is 1370. The third-order valence-electron chi connectivity index (χ3n) is 6.59. The molecule has 4 aromatic rings. The molecule has 0 atom stereocenters. The standard InChI is InChI=1S/C30H32N2O5/c1-20-27(36-2)16-24(17-28(20)37-3)30(35)32(19-22-12-10-21(11-13-22)15-29(33)34)14-6-7-23-18-31-26-9-5-4-8-25(23)26/h4-5,8-13,16-18,31H,6-7,14-15,19H2,1-3H3,(H,33,34). The van der Waals surface area contributed by atoms with Gasteiger partial charge >= 0.3 is 5.97 Å². The highest BCUT2D eigenvalue weighted by atomic mass is 16.5. The molecule has 0 radical (unpaired) electrons. The van der Waals surface area contributed by atoms with E-state index in [0.717, 1.165) is 35.0 Å². The van der Waals surface area contributed by atoms with E-state index in [-0.39, 0.29) is 12.3 Å². The zero-order valence-corrected chi connectivity index (χ0v) is 21.4. The molecule has 7 heteroatoms. The second kappa shape index (κ2) is 11.6. The molecular formula is C30H32N2O5. The quantitative estimate of drug-likeness (QED) is 0.288. The summed E-state index contributed by atoms with van der Waals surface area (Å²) < 4.78 is 11.0. The number of benzene rings is 3. The Morgan fingerprint density at radius 3 is 2.24 bits per heavy atom. The summed E-state index contributed by atoms with van der Waals surface area (Å²) in [6, 6.07) is 19.1. The Balaban J connectivity index is 1.56. The van der Waals surface area contributed by atoms with Gasteiger partial charge in [0.15, 0.2) is 0 Å². The van der Waals surface area contributed by atoms with Crippen LogP contribution >= 0.6 is 0 Å². The number of aromatic nitrogens is 1. The SMILES string of the molecule is COc1cc(C(=O)N(CCCc2c[nH]c3ccccc23)Cc2ccc(CC(=O)O)cc2)cc(OC)c1C. The lowest BCUT2D eigenvalue weighted by atomic mass is 10.1. The van der Waals surface area contributed by atoms with E-state index in [2.05, 4.69) is 17.1 Å². The molecule has 0 saturated heterocycles. The van der Waals surface area contributed by atoms with E-state index in [1.165, 1.54) is 10.9 Å². The maximum Gasteiger partial charge on any atom is 0.307 e. The van der Waals surface area contributed by atoms with E-state index >= 15 is 0 Å². The monoisotopic (exact) mass is 500 g/mol. The zero-order chi connectivity index (χ0) is 26.4. The topological polar surface area (TPSA) is 91.9 Å². The largest absolute Gasteiger partial charge is 0.496 e. The van der Waals surface area contributed by atoms with Crippen molar-refractivity contribution in [3.05, 3.63) is 94.7 Å². The van der Waals surface area contributed by atoms with E-state index in [0.29, 0.717) is 30.2 Å². The van der Waals surface area contributed by atoms with Crippen LogP contribution in [0.15, 0.2) is 66.9 Å². The molecule has 7 nitrogen and oxygen atoms in total. The van der Waals surface area contributed by atoms with Gasteiger partial charge < -0.3 is 24.5 Å². The van der Waals surface area contributed by atoms with Gasteiger partial charge in [-0.15, -0.1) is 0 Å². The van der Waals surface area contributed by atoms with Crippen molar-refractivity contribution in [2.45, 2.75) is 32.7 Å². The lowest BCUT2D eigenvalue weighted by molar-refractivity contribution is -0.136. The summed E-state index contributed by atoms with van der Waals surface area (Å²) in [5.41, 5.74) is 5.31. The third-order valence-corrected chi connectivity index (χ3v) is 6.59. The number of hydrogen-bond acceptors (Lipinski definition) is 4. The maximum atomic E-state index is 13.7. The van der Waals surface area contributed by atoms with Crippen LogP contribution in [0.5, 0.6) is 11.5 Å². The molecular weight excluding hydrogens is 468 g/mol. The van der Waals surface area contributed by atoms with Crippen molar-refractivity contribution in [3.8, 4) is 11.5 Å². The van der Waals surface area contributed by atoms with Gasteiger partial charge in [-0.25, -0.2) is 0 Å². The van der Waals surface area contributed by atoms with E-state index in [4.69, 9.17) is 14.6 Å². The Morgan fingerprint density at radius 2 is 1.59 bits per heavy atom. The summed E-state index contributed by atoms with van der Waals surface area (Å²) in [6.07, 6.45) is 3.61. The average molecular weight is 501 g/mol. The van der Waals surface area contributed by atoms with Crippen molar-refractivity contribution in [1.29, 1.82) is 0 Å². The molecule has 0 aliphatic rings. The van der Waals surface area contributed by atoms with Gasteiger partial charge in [0.25, 0.3) is 5.91 Å². The molecule has 1 amide bonds. The molecule has 2 N–H and O–H groups in total. The van der Waals surface area contributed by atoms with E-state index in [1.54, 1.807) is 38.5 Å². The molecule has 0 saturated carbocycles. The van der Waals surface area contributed by atoms with Gasteiger partial charge in [0.05, 0.1) is 20.6 Å². The van der Waals surface area contributed by atoms with E-state index < -0.39 is 5.97 Å². The number of aliphatic carboxylic acids is 1. The lowest BCUT2D eigenvalue weighted by Gasteiger charge is -2.24. The molecule has 0 bridgehead atoms. The highest BCUT2D eigenvalue weighted by Crippen LogP contribution is 2.30. The van der Waals surface area contributed by atoms with Gasteiger partial charge in [-0.05, 0) is 54.7 Å². The van der Waals surface area contributed by atoms with Gasteiger partial charge in [-0.1, -0.05) is 42.5 Å². The van der Waals surface area contributed by atoms with Crippen LogP contribution in [0, 0.1) is 6.92 Å². The van der Waals surface area contributed by atoms with Crippen LogP contribution in [-0.4, -0.2) is 47.6 Å². The number of aromatic amines is 1. The fourth-order valence-electron chi connectivity index (χ4n) is 4.60. The number of para-hydroxylation sites is 1. The highest BCUT2D eigenvalue weighted by molar-refractivity contribution is 5.95. The van der Waals surface area contributed by atoms with Gasteiger partial charge in [-0.3, -0.25) is 9.59 Å². The molecule has 37 heavy (non-hydrogen) atoms. The summed E-state index contributed by atoms with van der Waals surface area (Å²) in [6.45, 7) is 2.84. The Hall–Kier alpha value is -4.26. The molecule has 192 valence electrons. The molecule has 0 spiro atoms. The number of amides is 1. The smallest absolute Gasteiger partial charge is 0.307 e. The van der Waals surface area contributed by atoms with Crippen LogP contribution < -0.4 is 9.47 Å². The zero-order valence-electron chi connectivity index (χ0n) is 21.4. The number of fused-ring (bicyclic) bond motifs is 1. The number of carboxylic acids is 1. The van der Waals surface area contributed by atoms with Gasteiger partial charge in [-0.2, -0.15) is 0 Å². The molecule has 1 aromatic heterocycles. The summed E-state index contributed by atoms with van der Waals surface area (Å²) in [5.74, 6) is 0.202. The predicted octanol–water partition coefficient (Wildman–Crippen LogP) is 5.40. The molecule has 3 aromatic carbocycles. The second-order valence-electron chi connectivity index (χ2n) is 9.08. The van der Waals surface area contributed by atoms with E-state index in [9.17, 15) is 9.59 Å². The number of hydrogen-bond donors (Lipinski definition) is 2. The number of carboxylic acid groups (broad SMARTS) is 1. The molecule has 0 fully saturated rings. The number of H-pyrrole nitrogens is 1. The number of nitrogens with zero attached hydrogens (tertiary/aromatic N) is 1. The van der Waals surface area contributed by atoms with Crippen molar-refractivity contribution in [3.63, 3.8) is 0 Å². The van der Waals surface area contributed by atoms with Crippen LogP contribution in [0.1, 0.15) is 39.0 Å². The normalized spacial score (nSPS) is 10.9. The first-order valence-corrected chi connectivity index (χ1v) is 12.3. The number of carbonyl (C=O) groups is 2.